The highest BCUT2D eigenvalue weighted by Gasteiger charge is 2.23. The molecule has 0 radical (unpaired) electrons. The van der Waals surface area contributed by atoms with Crippen molar-refractivity contribution < 1.29 is 24.0 Å². The van der Waals surface area contributed by atoms with E-state index in [1.807, 2.05) is 0 Å². The lowest BCUT2D eigenvalue weighted by molar-refractivity contribution is -0.133. The number of hydrogen-bond acceptors (Lipinski definition) is 5. The number of aldehydes is 1. The molecule has 0 saturated carbocycles. The second kappa shape index (κ2) is 9.54. The Morgan fingerprint density at radius 2 is 1.04 bits per heavy atom. The van der Waals surface area contributed by atoms with Crippen molar-refractivity contribution in [2.75, 3.05) is 0 Å². The van der Waals surface area contributed by atoms with Gasteiger partial charge in [0.15, 0.2) is 0 Å². The molecule has 0 saturated heterocycles. The summed E-state index contributed by atoms with van der Waals surface area (Å²) >= 11 is 0. The van der Waals surface area contributed by atoms with E-state index in [1.54, 1.807) is 0 Å². The fourth-order valence-electron chi connectivity index (χ4n) is 1.56. The third-order valence-corrected chi connectivity index (χ3v) is 2.89. The zero-order valence-electron chi connectivity index (χ0n) is 13.9. The van der Waals surface area contributed by atoms with Gasteiger partial charge in [0.1, 0.15) is 24.4 Å². The van der Waals surface area contributed by atoms with Gasteiger partial charge < -0.3 is 26.1 Å². The van der Waals surface area contributed by atoms with Crippen LogP contribution in [-0.2, 0) is 24.0 Å². The standard InChI is InChI=1S/C14H24N4O5/c1-7(6-19)15-12(21)9(3)17-14(23)10(4)18-13(22)8(2)16-11(5)20/h6-10H,1-5H3,(H,15,21)(H,16,20)(H,17,23)(H,18,22). The molecule has 4 atom stereocenters. The molecule has 0 aliphatic rings. The Hall–Kier alpha value is -2.45. The van der Waals surface area contributed by atoms with E-state index in [0.29, 0.717) is 6.29 Å². The van der Waals surface area contributed by atoms with Crippen LogP contribution in [0, 0.1) is 0 Å². The third-order valence-electron chi connectivity index (χ3n) is 2.89. The summed E-state index contributed by atoms with van der Waals surface area (Å²) in [5.41, 5.74) is 0. The van der Waals surface area contributed by atoms with Gasteiger partial charge in [0, 0.05) is 6.92 Å². The summed E-state index contributed by atoms with van der Waals surface area (Å²) < 4.78 is 0. The van der Waals surface area contributed by atoms with Crippen molar-refractivity contribution in [3.8, 4) is 0 Å². The van der Waals surface area contributed by atoms with Gasteiger partial charge in [0.05, 0.1) is 6.04 Å². The van der Waals surface area contributed by atoms with E-state index in [0.717, 1.165) is 0 Å². The molecule has 0 spiro atoms. The summed E-state index contributed by atoms with van der Waals surface area (Å²) in [7, 11) is 0. The minimum Gasteiger partial charge on any atom is -0.345 e. The van der Waals surface area contributed by atoms with Crippen LogP contribution in [0.15, 0.2) is 0 Å². The van der Waals surface area contributed by atoms with Gasteiger partial charge >= 0.3 is 0 Å². The van der Waals surface area contributed by atoms with Crippen molar-refractivity contribution in [3.05, 3.63) is 0 Å². The van der Waals surface area contributed by atoms with E-state index >= 15 is 0 Å². The third kappa shape index (κ3) is 7.93. The number of nitrogens with one attached hydrogen (secondary N) is 4. The van der Waals surface area contributed by atoms with E-state index in [1.165, 1.54) is 34.6 Å². The largest absolute Gasteiger partial charge is 0.345 e. The minimum atomic E-state index is -0.891. The van der Waals surface area contributed by atoms with Crippen molar-refractivity contribution >= 4 is 29.9 Å². The first-order valence-electron chi connectivity index (χ1n) is 7.22. The second-order valence-electron chi connectivity index (χ2n) is 5.32. The molecule has 4 N–H and O–H groups in total. The Bertz CT molecular complexity index is 480. The van der Waals surface area contributed by atoms with Crippen LogP contribution in [0.25, 0.3) is 0 Å². The number of hydrogen-bond donors (Lipinski definition) is 4. The molecule has 0 aliphatic carbocycles. The van der Waals surface area contributed by atoms with Crippen LogP contribution < -0.4 is 21.3 Å². The summed E-state index contributed by atoms with van der Waals surface area (Å²) in [6.07, 6.45) is 0.568. The van der Waals surface area contributed by atoms with Crippen molar-refractivity contribution in [2.45, 2.75) is 58.8 Å². The fraction of sp³-hybridized carbons (Fsp3) is 0.643. The minimum absolute atomic E-state index is 0.362. The lowest BCUT2D eigenvalue weighted by atomic mass is 10.2. The van der Waals surface area contributed by atoms with E-state index < -0.39 is 41.9 Å². The summed E-state index contributed by atoms with van der Waals surface area (Å²) in [5.74, 6) is -1.95. The van der Waals surface area contributed by atoms with Crippen molar-refractivity contribution in [3.63, 3.8) is 0 Å². The number of rotatable bonds is 8. The lowest BCUT2D eigenvalue weighted by Gasteiger charge is -2.20. The number of amides is 4. The summed E-state index contributed by atoms with van der Waals surface area (Å²) in [5, 5.41) is 9.64. The van der Waals surface area contributed by atoms with Gasteiger partial charge in [-0.3, -0.25) is 19.2 Å². The van der Waals surface area contributed by atoms with E-state index in [-0.39, 0.29) is 5.91 Å². The van der Waals surface area contributed by atoms with Crippen molar-refractivity contribution in [2.24, 2.45) is 0 Å². The topological polar surface area (TPSA) is 133 Å². The predicted octanol–water partition coefficient (Wildman–Crippen LogP) is -1.78. The first-order valence-corrected chi connectivity index (χ1v) is 7.22. The molecule has 0 heterocycles. The molecular formula is C14H24N4O5. The maximum absolute atomic E-state index is 11.9. The van der Waals surface area contributed by atoms with Gasteiger partial charge in [-0.1, -0.05) is 0 Å². The molecule has 130 valence electrons. The SMILES string of the molecule is CC(=O)NC(C)C(=O)NC(C)C(=O)NC(C)C(=O)NC(C)C=O. The van der Waals surface area contributed by atoms with Crippen LogP contribution in [0.4, 0.5) is 0 Å². The quantitative estimate of drug-likeness (QED) is 0.391. The first kappa shape index (κ1) is 20.6. The molecule has 0 aromatic carbocycles. The second-order valence-corrected chi connectivity index (χ2v) is 5.32. The lowest BCUT2D eigenvalue weighted by Crippen LogP contribution is -2.55. The highest BCUT2D eigenvalue weighted by molar-refractivity contribution is 5.93. The van der Waals surface area contributed by atoms with Crippen LogP contribution in [0.2, 0.25) is 0 Å². The van der Waals surface area contributed by atoms with E-state index in [4.69, 9.17) is 0 Å². The zero-order chi connectivity index (χ0) is 18.2. The van der Waals surface area contributed by atoms with Crippen LogP contribution in [-0.4, -0.2) is 54.1 Å². The summed E-state index contributed by atoms with van der Waals surface area (Å²) in [6, 6.07) is -3.19. The Morgan fingerprint density at radius 3 is 1.39 bits per heavy atom. The van der Waals surface area contributed by atoms with Gasteiger partial charge in [0.2, 0.25) is 23.6 Å². The van der Waals surface area contributed by atoms with Gasteiger partial charge in [-0.25, -0.2) is 0 Å². The summed E-state index contributed by atoms with van der Waals surface area (Å²) in [4.78, 5) is 56.8. The molecule has 0 aliphatic heterocycles. The molecule has 0 rings (SSSR count). The molecule has 0 aromatic rings. The van der Waals surface area contributed by atoms with Gasteiger partial charge in [-0.05, 0) is 27.7 Å². The van der Waals surface area contributed by atoms with Gasteiger partial charge in [-0.2, -0.15) is 0 Å². The number of carbonyl (C=O) groups is 5. The molecule has 9 heteroatoms. The van der Waals surface area contributed by atoms with Crippen LogP contribution >= 0.6 is 0 Å². The average Bonchev–Trinajstić information content (AvgIpc) is 2.45. The first-order chi connectivity index (χ1) is 10.6. The van der Waals surface area contributed by atoms with Gasteiger partial charge in [0.25, 0.3) is 0 Å². The highest BCUT2D eigenvalue weighted by Crippen LogP contribution is 1.91. The monoisotopic (exact) mass is 328 g/mol. The van der Waals surface area contributed by atoms with Crippen molar-refractivity contribution in [1.82, 2.24) is 21.3 Å². The maximum Gasteiger partial charge on any atom is 0.242 e. The van der Waals surface area contributed by atoms with E-state index in [2.05, 4.69) is 21.3 Å². The Labute approximate surface area is 134 Å². The smallest absolute Gasteiger partial charge is 0.242 e. The Kier molecular flexibility index (Phi) is 8.53. The van der Waals surface area contributed by atoms with Gasteiger partial charge in [-0.15, -0.1) is 0 Å². The predicted molar refractivity (Wildman–Crippen MR) is 82.2 cm³/mol. The molecule has 0 aromatic heterocycles. The molecule has 9 nitrogen and oxygen atoms in total. The van der Waals surface area contributed by atoms with Crippen LogP contribution in [0.1, 0.15) is 34.6 Å². The molecular weight excluding hydrogens is 304 g/mol. The highest BCUT2D eigenvalue weighted by atomic mass is 16.2. The maximum atomic E-state index is 11.9. The fourth-order valence-corrected chi connectivity index (χ4v) is 1.56. The van der Waals surface area contributed by atoms with Crippen LogP contribution in [0.5, 0.6) is 0 Å². The summed E-state index contributed by atoms with van der Waals surface area (Å²) in [6.45, 7) is 7.18. The Balaban J connectivity index is 4.44. The molecule has 23 heavy (non-hydrogen) atoms. The van der Waals surface area contributed by atoms with Crippen molar-refractivity contribution in [1.29, 1.82) is 0 Å². The number of carbonyl (C=O) groups excluding carboxylic acids is 5. The zero-order valence-corrected chi connectivity index (χ0v) is 13.9. The molecule has 0 fully saturated rings. The molecule has 0 bridgehead atoms. The molecule has 4 unspecified atom stereocenters. The molecule has 4 amide bonds. The average molecular weight is 328 g/mol. The van der Waals surface area contributed by atoms with E-state index in [9.17, 15) is 24.0 Å². The van der Waals surface area contributed by atoms with Crippen LogP contribution in [0.3, 0.4) is 0 Å². The Morgan fingerprint density at radius 1 is 0.696 bits per heavy atom. The normalized spacial score (nSPS) is 15.3.